The van der Waals surface area contributed by atoms with Crippen LogP contribution < -0.4 is 11.3 Å². The lowest BCUT2D eigenvalue weighted by atomic mass is 9.77. The van der Waals surface area contributed by atoms with E-state index in [0.29, 0.717) is 11.8 Å². The van der Waals surface area contributed by atoms with Crippen molar-refractivity contribution in [3.63, 3.8) is 0 Å². The van der Waals surface area contributed by atoms with Crippen molar-refractivity contribution in [1.82, 2.24) is 5.43 Å². The summed E-state index contributed by atoms with van der Waals surface area (Å²) in [7, 11) is 1.86. The van der Waals surface area contributed by atoms with Gasteiger partial charge < -0.3 is 4.74 Å². The smallest absolute Gasteiger partial charge is 0.0847 e. The first-order valence-corrected chi connectivity index (χ1v) is 7.87. The van der Waals surface area contributed by atoms with Gasteiger partial charge in [0.1, 0.15) is 0 Å². The van der Waals surface area contributed by atoms with Gasteiger partial charge in [0.15, 0.2) is 0 Å². The average molecular weight is 274 g/mol. The Morgan fingerprint density at radius 1 is 1.20 bits per heavy atom. The molecule has 0 aliphatic heterocycles. The molecule has 0 aromatic heterocycles. The average Bonchev–Trinajstić information content (AvgIpc) is 3.30. The molecule has 20 heavy (non-hydrogen) atoms. The van der Waals surface area contributed by atoms with Gasteiger partial charge in [-0.05, 0) is 36.7 Å². The van der Waals surface area contributed by atoms with Crippen LogP contribution in [0.25, 0.3) is 0 Å². The normalized spacial score (nSPS) is 29.9. The van der Waals surface area contributed by atoms with Crippen LogP contribution in [0.2, 0.25) is 0 Å². The van der Waals surface area contributed by atoms with E-state index in [9.17, 15) is 0 Å². The monoisotopic (exact) mass is 274 g/mol. The van der Waals surface area contributed by atoms with E-state index in [1.54, 1.807) is 0 Å². The number of hydrogen-bond acceptors (Lipinski definition) is 3. The van der Waals surface area contributed by atoms with Crippen LogP contribution in [0, 0.1) is 5.92 Å². The molecule has 3 heteroatoms. The van der Waals surface area contributed by atoms with Crippen molar-refractivity contribution in [2.24, 2.45) is 11.8 Å². The molecule has 0 bridgehead atoms. The lowest BCUT2D eigenvalue weighted by molar-refractivity contribution is -0.0733. The van der Waals surface area contributed by atoms with Crippen molar-refractivity contribution in [2.75, 3.05) is 7.11 Å². The molecule has 3 unspecified atom stereocenters. The topological polar surface area (TPSA) is 47.3 Å². The third kappa shape index (κ3) is 2.50. The van der Waals surface area contributed by atoms with Crippen molar-refractivity contribution in [2.45, 2.75) is 56.1 Å². The zero-order valence-corrected chi connectivity index (χ0v) is 12.3. The van der Waals surface area contributed by atoms with E-state index in [1.165, 1.54) is 31.2 Å². The maximum absolute atomic E-state index is 5.97. The maximum atomic E-state index is 5.97. The molecular formula is C17H26N2O. The number of rotatable bonds is 5. The Bertz CT molecular complexity index is 428. The van der Waals surface area contributed by atoms with Gasteiger partial charge in [-0.15, -0.1) is 0 Å². The van der Waals surface area contributed by atoms with Gasteiger partial charge in [-0.25, -0.2) is 0 Å². The molecule has 110 valence electrons. The summed E-state index contributed by atoms with van der Waals surface area (Å²) in [6, 6.07) is 11.1. The molecule has 3 rings (SSSR count). The summed E-state index contributed by atoms with van der Waals surface area (Å²) < 4.78 is 5.97. The highest BCUT2D eigenvalue weighted by atomic mass is 16.5. The van der Waals surface area contributed by atoms with Crippen molar-refractivity contribution in [1.29, 1.82) is 0 Å². The van der Waals surface area contributed by atoms with Crippen molar-refractivity contribution in [3.8, 4) is 0 Å². The van der Waals surface area contributed by atoms with E-state index in [-0.39, 0.29) is 11.6 Å². The summed E-state index contributed by atoms with van der Waals surface area (Å²) in [5.41, 5.74) is 4.49. The molecule has 1 aromatic rings. The van der Waals surface area contributed by atoms with Gasteiger partial charge >= 0.3 is 0 Å². The van der Waals surface area contributed by atoms with Crippen LogP contribution in [0.5, 0.6) is 0 Å². The highest BCUT2D eigenvalue weighted by molar-refractivity contribution is 5.27. The molecule has 1 aromatic carbocycles. The summed E-state index contributed by atoms with van der Waals surface area (Å²) in [6.45, 7) is 0. The molecule has 2 fully saturated rings. The number of nitrogens with two attached hydrogens (primary N) is 1. The van der Waals surface area contributed by atoms with E-state index in [0.717, 1.165) is 12.8 Å². The fourth-order valence-electron chi connectivity index (χ4n) is 4.12. The molecule has 2 aliphatic rings. The molecule has 3 N–H and O–H groups in total. The SMILES string of the molecule is COC1(C(NN)C2CC2c2ccccc2)CCCCC1. The van der Waals surface area contributed by atoms with Crippen LogP contribution in [-0.4, -0.2) is 18.8 Å². The maximum Gasteiger partial charge on any atom is 0.0847 e. The second kappa shape index (κ2) is 5.84. The zero-order valence-electron chi connectivity index (χ0n) is 12.3. The lowest BCUT2D eigenvalue weighted by Gasteiger charge is -2.42. The van der Waals surface area contributed by atoms with E-state index >= 15 is 0 Å². The van der Waals surface area contributed by atoms with Crippen LogP contribution in [0.3, 0.4) is 0 Å². The molecule has 2 saturated carbocycles. The quantitative estimate of drug-likeness (QED) is 0.641. The largest absolute Gasteiger partial charge is 0.377 e. The minimum absolute atomic E-state index is 0.0544. The predicted octanol–water partition coefficient (Wildman–Crippen LogP) is 2.97. The Kier molecular flexibility index (Phi) is 4.11. The van der Waals surface area contributed by atoms with Gasteiger partial charge in [-0.1, -0.05) is 49.6 Å². The van der Waals surface area contributed by atoms with Gasteiger partial charge in [0.2, 0.25) is 0 Å². The van der Waals surface area contributed by atoms with Crippen LogP contribution in [0.15, 0.2) is 30.3 Å². The number of nitrogens with one attached hydrogen (secondary N) is 1. The molecule has 0 spiro atoms. The Hall–Kier alpha value is -0.900. The number of ether oxygens (including phenoxy) is 1. The third-order valence-electron chi connectivity index (χ3n) is 5.35. The Morgan fingerprint density at radius 3 is 2.50 bits per heavy atom. The predicted molar refractivity (Wildman–Crippen MR) is 81.2 cm³/mol. The summed E-state index contributed by atoms with van der Waals surface area (Å²) in [5, 5.41) is 0. The second-order valence-electron chi connectivity index (χ2n) is 6.39. The first kappa shape index (κ1) is 14.1. The first-order valence-electron chi connectivity index (χ1n) is 7.87. The summed E-state index contributed by atoms with van der Waals surface area (Å²) >= 11 is 0. The molecule has 0 saturated heterocycles. The van der Waals surface area contributed by atoms with E-state index in [4.69, 9.17) is 10.6 Å². The fraction of sp³-hybridized carbons (Fsp3) is 0.647. The minimum atomic E-state index is -0.0544. The van der Waals surface area contributed by atoms with Gasteiger partial charge in [-0.2, -0.15) is 0 Å². The van der Waals surface area contributed by atoms with Crippen molar-refractivity contribution in [3.05, 3.63) is 35.9 Å². The molecule has 0 radical (unpaired) electrons. The molecule has 3 atom stereocenters. The summed E-state index contributed by atoms with van der Waals surface area (Å²) in [6.07, 6.45) is 7.34. The number of benzene rings is 1. The minimum Gasteiger partial charge on any atom is -0.377 e. The molecule has 3 nitrogen and oxygen atoms in total. The molecule has 2 aliphatic carbocycles. The van der Waals surface area contributed by atoms with E-state index < -0.39 is 0 Å². The van der Waals surface area contributed by atoms with Crippen LogP contribution in [0.1, 0.15) is 50.0 Å². The first-order chi connectivity index (χ1) is 9.80. The Labute approximate surface area is 121 Å². The second-order valence-corrected chi connectivity index (χ2v) is 6.39. The van der Waals surface area contributed by atoms with Crippen molar-refractivity contribution < 1.29 is 4.74 Å². The van der Waals surface area contributed by atoms with E-state index in [1.807, 2.05) is 7.11 Å². The zero-order chi connectivity index (χ0) is 14.0. The summed E-state index contributed by atoms with van der Waals surface area (Å²) in [5.74, 6) is 7.17. The van der Waals surface area contributed by atoms with Crippen molar-refractivity contribution >= 4 is 0 Å². The van der Waals surface area contributed by atoms with Gasteiger partial charge in [0.25, 0.3) is 0 Å². The fourth-order valence-corrected chi connectivity index (χ4v) is 4.12. The third-order valence-corrected chi connectivity index (χ3v) is 5.35. The lowest BCUT2D eigenvalue weighted by Crippen LogP contribution is -2.56. The molecular weight excluding hydrogens is 248 g/mol. The highest BCUT2D eigenvalue weighted by Crippen LogP contribution is 2.53. The molecule has 0 heterocycles. The van der Waals surface area contributed by atoms with Crippen LogP contribution in [-0.2, 0) is 4.74 Å². The van der Waals surface area contributed by atoms with Crippen LogP contribution >= 0.6 is 0 Å². The Balaban J connectivity index is 1.74. The van der Waals surface area contributed by atoms with Gasteiger partial charge in [-0.3, -0.25) is 11.3 Å². The number of methoxy groups -OCH3 is 1. The standard InChI is InChI=1S/C17H26N2O/c1-20-17(10-6-3-7-11-17)16(19-18)15-12-14(15)13-8-4-2-5-9-13/h2,4-5,8-9,14-16,19H,3,6-7,10-12,18H2,1H3. The van der Waals surface area contributed by atoms with E-state index in [2.05, 4.69) is 35.8 Å². The number of hydrazine groups is 1. The Morgan fingerprint density at radius 2 is 1.90 bits per heavy atom. The van der Waals surface area contributed by atoms with Gasteiger partial charge in [0, 0.05) is 7.11 Å². The van der Waals surface area contributed by atoms with Gasteiger partial charge in [0.05, 0.1) is 11.6 Å². The summed E-state index contributed by atoms with van der Waals surface area (Å²) in [4.78, 5) is 0. The van der Waals surface area contributed by atoms with Crippen LogP contribution in [0.4, 0.5) is 0 Å². The highest BCUT2D eigenvalue weighted by Gasteiger charge is 2.52. The molecule has 0 amide bonds. The number of hydrogen-bond donors (Lipinski definition) is 2.